The highest BCUT2D eigenvalue weighted by molar-refractivity contribution is 7.90. The van der Waals surface area contributed by atoms with Gasteiger partial charge in [-0.1, -0.05) is 11.6 Å². The number of carbonyl (C=O) groups is 2. The summed E-state index contributed by atoms with van der Waals surface area (Å²) in [6.45, 7) is 0. The number of halogens is 1. The first-order valence-electron chi connectivity index (χ1n) is 6.02. The number of rotatable bonds is 3. The minimum absolute atomic E-state index is 0.0217. The fraction of sp³-hybridized carbons (Fsp3) is 0.385. The zero-order valence-electron chi connectivity index (χ0n) is 10.8. The van der Waals surface area contributed by atoms with E-state index in [2.05, 4.69) is 0 Å². The van der Waals surface area contributed by atoms with Crippen LogP contribution < -0.4 is 0 Å². The number of ketones is 1. The Labute approximate surface area is 121 Å². The molecule has 1 saturated carbocycles. The van der Waals surface area contributed by atoms with E-state index in [0.29, 0.717) is 19.3 Å². The molecule has 1 fully saturated rings. The summed E-state index contributed by atoms with van der Waals surface area (Å²) in [5.74, 6) is -0.894. The zero-order valence-corrected chi connectivity index (χ0v) is 12.3. The molecule has 108 valence electrons. The van der Waals surface area contributed by atoms with E-state index in [4.69, 9.17) is 16.3 Å². The second-order valence-corrected chi connectivity index (χ2v) is 7.09. The van der Waals surface area contributed by atoms with E-state index in [0.717, 1.165) is 6.26 Å². The summed E-state index contributed by atoms with van der Waals surface area (Å²) in [5.41, 5.74) is -0.0470. The Morgan fingerprint density at radius 3 is 2.65 bits per heavy atom. The van der Waals surface area contributed by atoms with E-state index < -0.39 is 21.9 Å². The molecule has 1 aliphatic carbocycles. The molecular weight excluding hydrogens is 304 g/mol. The van der Waals surface area contributed by atoms with Crippen molar-refractivity contribution in [2.75, 3.05) is 6.26 Å². The van der Waals surface area contributed by atoms with Crippen LogP contribution in [-0.4, -0.2) is 32.5 Å². The number of esters is 1. The first-order valence-corrected chi connectivity index (χ1v) is 8.29. The molecule has 1 aromatic rings. The zero-order chi connectivity index (χ0) is 14.9. The maximum atomic E-state index is 12.0. The molecule has 20 heavy (non-hydrogen) atoms. The van der Waals surface area contributed by atoms with Gasteiger partial charge in [-0.3, -0.25) is 4.79 Å². The lowest BCUT2D eigenvalue weighted by molar-refractivity contribution is -0.124. The number of carbonyl (C=O) groups excluding carboxylic acids is 2. The SMILES string of the molecule is CS(=O)(=O)c1ccc(Cl)c(C(=O)O[C@H]2CCCC2=O)c1. The van der Waals surface area contributed by atoms with E-state index in [-0.39, 0.29) is 21.3 Å². The molecule has 0 amide bonds. The third-order valence-corrected chi connectivity index (χ3v) is 4.52. The van der Waals surface area contributed by atoms with Crippen LogP contribution in [0.1, 0.15) is 29.6 Å². The van der Waals surface area contributed by atoms with Gasteiger partial charge in [-0.2, -0.15) is 0 Å². The minimum Gasteiger partial charge on any atom is -0.451 e. The van der Waals surface area contributed by atoms with Crippen LogP contribution in [0.5, 0.6) is 0 Å². The molecule has 0 bridgehead atoms. The lowest BCUT2D eigenvalue weighted by Crippen LogP contribution is -2.22. The Hall–Kier alpha value is -1.40. The minimum atomic E-state index is -3.45. The first-order chi connectivity index (χ1) is 9.29. The van der Waals surface area contributed by atoms with Crippen LogP contribution in [0.3, 0.4) is 0 Å². The molecule has 0 N–H and O–H groups in total. The Morgan fingerprint density at radius 1 is 1.40 bits per heavy atom. The quantitative estimate of drug-likeness (QED) is 0.797. The summed E-state index contributed by atoms with van der Waals surface area (Å²) in [4.78, 5) is 23.4. The van der Waals surface area contributed by atoms with Crippen LogP contribution in [0.4, 0.5) is 0 Å². The monoisotopic (exact) mass is 316 g/mol. The van der Waals surface area contributed by atoms with Crippen molar-refractivity contribution in [2.45, 2.75) is 30.3 Å². The van der Waals surface area contributed by atoms with Gasteiger partial charge in [0, 0.05) is 12.7 Å². The predicted octanol–water partition coefficient (Wildman–Crippen LogP) is 2.02. The van der Waals surface area contributed by atoms with Gasteiger partial charge in [-0.15, -0.1) is 0 Å². The van der Waals surface area contributed by atoms with Crippen LogP contribution in [0, 0.1) is 0 Å². The van der Waals surface area contributed by atoms with Crippen LogP contribution >= 0.6 is 11.6 Å². The molecule has 7 heteroatoms. The normalized spacial score (nSPS) is 19.1. The van der Waals surface area contributed by atoms with Gasteiger partial charge in [0.25, 0.3) is 0 Å². The molecule has 1 atom stereocenters. The third-order valence-electron chi connectivity index (χ3n) is 3.08. The summed E-state index contributed by atoms with van der Waals surface area (Å²) in [5, 5.41) is 0.0906. The maximum Gasteiger partial charge on any atom is 0.340 e. The van der Waals surface area contributed by atoms with Crippen molar-refractivity contribution in [1.82, 2.24) is 0 Å². The van der Waals surface area contributed by atoms with Gasteiger partial charge < -0.3 is 4.74 Å². The number of hydrogen-bond donors (Lipinski definition) is 0. The highest BCUT2D eigenvalue weighted by Gasteiger charge is 2.29. The standard InChI is InChI=1S/C13H13ClO5S/c1-20(17,18)8-5-6-10(14)9(7-8)13(16)19-12-4-2-3-11(12)15/h5-7,12H,2-4H2,1H3/t12-/m0/s1. The molecule has 0 saturated heterocycles. The summed E-state index contributed by atoms with van der Waals surface area (Å²) >= 11 is 5.88. The maximum absolute atomic E-state index is 12.0. The molecule has 0 aromatic heterocycles. The lowest BCUT2D eigenvalue weighted by Gasteiger charge is -2.11. The Bertz CT molecular complexity index is 665. The van der Waals surface area contributed by atoms with Gasteiger partial charge in [-0.05, 0) is 31.0 Å². The van der Waals surface area contributed by atoms with Gasteiger partial charge in [-0.25, -0.2) is 13.2 Å². The van der Waals surface area contributed by atoms with Gasteiger partial charge in [0.2, 0.25) is 0 Å². The van der Waals surface area contributed by atoms with Crippen molar-refractivity contribution < 1.29 is 22.7 Å². The van der Waals surface area contributed by atoms with Gasteiger partial charge in [0.05, 0.1) is 15.5 Å². The summed E-state index contributed by atoms with van der Waals surface area (Å²) < 4.78 is 28.0. The third kappa shape index (κ3) is 3.19. The number of Topliss-reactive ketones (excluding diaryl/α,β-unsaturated/α-hetero) is 1. The predicted molar refractivity (Wildman–Crippen MR) is 72.6 cm³/mol. The fourth-order valence-electron chi connectivity index (χ4n) is 1.99. The topological polar surface area (TPSA) is 77.5 Å². The van der Waals surface area contributed by atoms with Crippen LogP contribution in [0.15, 0.2) is 23.1 Å². The Balaban J connectivity index is 2.27. The molecule has 0 heterocycles. The number of hydrogen-bond acceptors (Lipinski definition) is 5. The van der Waals surface area contributed by atoms with Gasteiger partial charge in [0.15, 0.2) is 21.7 Å². The van der Waals surface area contributed by atoms with Crippen LogP contribution in [-0.2, 0) is 19.4 Å². The van der Waals surface area contributed by atoms with E-state index >= 15 is 0 Å². The van der Waals surface area contributed by atoms with E-state index in [9.17, 15) is 18.0 Å². The Morgan fingerprint density at radius 2 is 2.10 bits per heavy atom. The van der Waals surface area contributed by atoms with Gasteiger partial charge >= 0.3 is 5.97 Å². The van der Waals surface area contributed by atoms with E-state index in [1.165, 1.54) is 18.2 Å². The molecule has 0 spiro atoms. The van der Waals surface area contributed by atoms with E-state index in [1.54, 1.807) is 0 Å². The number of benzene rings is 1. The number of sulfone groups is 1. The van der Waals surface area contributed by atoms with Crippen molar-refractivity contribution in [3.63, 3.8) is 0 Å². The average Bonchev–Trinajstić information content (AvgIpc) is 2.74. The van der Waals surface area contributed by atoms with E-state index in [1.807, 2.05) is 0 Å². The molecular formula is C13H13ClO5S. The molecule has 0 radical (unpaired) electrons. The van der Waals surface area contributed by atoms with Crippen molar-refractivity contribution in [3.05, 3.63) is 28.8 Å². The summed E-state index contributed by atoms with van der Waals surface area (Å²) in [6, 6.07) is 3.81. The Kier molecular flexibility index (Phi) is 4.15. The molecule has 2 rings (SSSR count). The van der Waals surface area contributed by atoms with Gasteiger partial charge in [0.1, 0.15) is 0 Å². The second kappa shape index (κ2) is 5.54. The first kappa shape index (κ1) is 15.0. The lowest BCUT2D eigenvalue weighted by atomic mass is 10.2. The molecule has 0 aliphatic heterocycles. The largest absolute Gasteiger partial charge is 0.451 e. The summed E-state index contributed by atoms with van der Waals surface area (Å²) in [6.07, 6.45) is 1.86. The average molecular weight is 317 g/mol. The summed E-state index contributed by atoms with van der Waals surface area (Å²) in [7, 11) is -3.45. The van der Waals surface area contributed by atoms with Crippen LogP contribution in [0.25, 0.3) is 0 Å². The highest BCUT2D eigenvalue weighted by atomic mass is 35.5. The fourth-order valence-corrected chi connectivity index (χ4v) is 2.83. The number of ether oxygens (including phenoxy) is 1. The van der Waals surface area contributed by atoms with Crippen molar-refractivity contribution in [3.8, 4) is 0 Å². The van der Waals surface area contributed by atoms with Crippen LogP contribution in [0.2, 0.25) is 5.02 Å². The smallest absolute Gasteiger partial charge is 0.340 e. The van der Waals surface area contributed by atoms with Crippen molar-refractivity contribution >= 4 is 33.2 Å². The van der Waals surface area contributed by atoms with Crippen molar-refractivity contribution in [1.29, 1.82) is 0 Å². The second-order valence-electron chi connectivity index (χ2n) is 4.67. The molecule has 5 nitrogen and oxygen atoms in total. The molecule has 1 aliphatic rings. The van der Waals surface area contributed by atoms with Crippen molar-refractivity contribution in [2.24, 2.45) is 0 Å². The highest BCUT2D eigenvalue weighted by Crippen LogP contribution is 2.24. The molecule has 1 aromatic carbocycles. The molecule has 0 unspecified atom stereocenters.